The molecular formula is C57H73NO4. The molecule has 5 nitrogen and oxygen atoms in total. The Balaban J connectivity index is 0.000000159. The van der Waals surface area contributed by atoms with Crippen molar-refractivity contribution in [3.63, 3.8) is 0 Å². The normalized spacial score (nSPS) is 30.4. The highest BCUT2D eigenvalue weighted by Crippen LogP contribution is 2.62. The van der Waals surface area contributed by atoms with Gasteiger partial charge in [0.2, 0.25) is 0 Å². The van der Waals surface area contributed by atoms with Gasteiger partial charge in [-0.2, -0.15) is 0 Å². The van der Waals surface area contributed by atoms with Crippen LogP contribution in [0.3, 0.4) is 0 Å². The maximum atomic E-state index is 12.6. The zero-order valence-electron chi connectivity index (χ0n) is 38.5. The minimum Gasteiger partial charge on any atom is -0.489 e. The number of nitrogens with one attached hydrogen (secondary N) is 1. The lowest BCUT2D eigenvalue weighted by molar-refractivity contribution is -0.129. The number of hydrogen-bond donors (Lipinski definition) is 1. The first kappa shape index (κ1) is 43.3. The predicted octanol–water partition coefficient (Wildman–Crippen LogP) is 12.5. The summed E-state index contributed by atoms with van der Waals surface area (Å²) in [5, 5.41) is 3.85. The Morgan fingerprint density at radius 2 is 1.18 bits per heavy atom. The summed E-state index contributed by atoms with van der Waals surface area (Å²) in [6.07, 6.45) is 16.5. The van der Waals surface area contributed by atoms with Crippen molar-refractivity contribution in [3.8, 4) is 11.5 Å². The first-order valence-corrected chi connectivity index (χ1v) is 24.6. The molecule has 4 fully saturated rings. The molecule has 0 aliphatic heterocycles. The molecule has 9 atom stereocenters. The molecule has 6 aliphatic rings. The highest BCUT2D eigenvalue weighted by molar-refractivity contribution is 5.87. The van der Waals surface area contributed by atoms with Crippen molar-refractivity contribution >= 4 is 5.78 Å². The number of methoxy groups -OCH3 is 1. The number of ether oxygens (including phenoxy) is 3. The quantitative estimate of drug-likeness (QED) is 0.144. The van der Waals surface area contributed by atoms with Gasteiger partial charge in [-0.15, -0.1) is 0 Å². The molecule has 62 heavy (non-hydrogen) atoms. The molecule has 1 N–H and O–H groups in total. The summed E-state index contributed by atoms with van der Waals surface area (Å²) in [4.78, 5) is 12.6. The third kappa shape index (κ3) is 8.31. The van der Waals surface area contributed by atoms with E-state index in [1.165, 1.54) is 79.2 Å². The summed E-state index contributed by atoms with van der Waals surface area (Å²) < 4.78 is 17.9. The Bertz CT molecular complexity index is 2170. The molecule has 0 amide bonds. The van der Waals surface area contributed by atoms with E-state index in [0.29, 0.717) is 48.2 Å². The van der Waals surface area contributed by atoms with Gasteiger partial charge in [0.1, 0.15) is 30.5 Å². The van der Waals surface area contributed by atoms with Gasteiger partial charge in [0.25, 0.3) is 0 Å². The van der Waals surface area contributed by atoms with Crippen molar-refractivity contribution in [1.29, 1.82) is 0 Å². The van der Waals surface area contributed by atoms with Gasteiger partial charge in [-0.1, -0.05) is 100 Å². The summed E-state index contributed by atoms with van der Waals surface area (Å²) in [6.45, 7) is 12.4. The maximum Gasteiger partial charge on any atom is 0.139 e. The average Bonchev–Trinajstić information content (AvgIpc) is 3.81. The molecule has 4 saturated carbocycles. The molecule has 330 valence electrons. The highest BCUT2D eigenvalue weighted by Gasteiger charge is 2.56. The molecular weight excluding hydrogens is 763 g/mol. The van der Waals surface area contributed by atoms with E-state index < -0.39 is 0 Å². The molecule has 4 aromatic rings. The van der Waals surface area contributed by atoms with Crippen molar-refractivity contribution in [3.05, 3.63) is 129 Å². The molecule has 0 aromatic heterocycles. The lowest BCUT2D eigenvalue weighted by Gasteiger charge is -2.51. The van der Waals surface area contributed by atoms with Gasteiger partial charge in [0.05, 0.1) is 6.61 Å². The molecule has 4 aromatic carbocycles. The fraction of sp³-hybridized carbons (Fsp3) is 0.561. The van der Waals surface area contributed by atoms with Crippen molar-refractivity contribution in [1.82, 2.24) is 5.32 Å². The van der Waals surface area contributed by atoms with Crippen LogP contribution in [0.4, 0.5) is 0 Å². The van der Waals surface area contributed by atoms with Gasteiger partial charge >= 0.3 is 0 Å². The molecule has 0 saturated heterocycles. The lowest BCUT2D eigenvalue weighted by atomic mass is 9.55. The maximum absolute atomic E-state index is 12.6. The number of ketones is 1. The van der Waals surface area contributed by atoms with Gasteiger partial charge in [0.15, 0.2) is 0 Å². The van der Waals surface area contributed by atoms with E-state index in [9.17, 15) is 4.79 Å². The summed E-state index contributed by atoms with van der Waals surface area (Å²) in [5.41, 5.74) is 11.8. The number of fused-ring (bicyclic) bond motifs is 10. The number of rotatable bonds is 12. The zero-order valence-corrected chi connectivity index (χ0v) is 38.5. The van der Waals surface area contributed by atoms with E-state index in [-0.39, 0.29) is 5.41 Å². The largest absolute Gasteiger partial charge is 0.489 e. The van der Waals surface area contributed by atoms with E-state index in [4.69, 9.17) is 14.2 Å². The van der Waals surface area contributed by atoms with E-state index in [2.05, 4.69) is 112 Å². The van der Waals surface area contributed by atoms with Crippen LogP contribution in [0.15, 0.2) is 84.9 Å². The van der Waals surface area contributed by atoms with Crippen LogP contribution in [0.5, 0.6) is 11.5 Å². The van der Waals surface area contributed by atoms with Crippen LogP contribution in [0.2, 0.25) is 0 Å². The van der Waals surface area contributed by atoms with Gasteiger partial charge in [0, 0.05) is 31.5 Å². The first-order chi connectivity index (χ1) is 30.2. The zero-order chi connectivity index (χ0) is 42.8. The first-order valence-electron chi connectivity index (χ1n) is 24.6. The molecule has 0 radical (unpaired) electrons. The summed E-state index contributed by atoms with van der Waals surface area (Å²) in [7, 11) is 1.80. The lowest BCUT2D eigenvalue weighted by Crippen LogP contribution is -2.49. The second-order valence-corrected chi connectivity index (χ2v) is 20.4. The van der Waals surface area contributed by atoms with Crippen molar-refractivity contribution in [2.45, 2.75) is 149 Å². The fourth-order valence-corrected chi connectivity index (χ4v) is 14.0. The summed E-state index contributed by atoms with van der Waals surface area (Å²) >= 11 is 0. The minimum absolute atomic E-state index is 0.0367. The Morgan fingerprint density at radius 1 is 0.629 bits per heavy atom. The van der Waals surface area contributed by atoms with Crippen LogP contribution in [-0.2, 0) is 48.4 Å². The number of benzene rings is 4. The van der Waals surface area contributed by atoms with Crippen LogP contribution in [0.25, 0.3) is 0 Å². The van der Waals surface area contributed by atoms with E-state index >= 15 is 0 Å². The smallest absolute Gasteiger partial charge is 0.139 e. The molecule has 0 spiro atoms. The monoisotopic (exact) mass is 836 g/mol. The summed E-state index contributed by atoms with van der Waals surface area (Å²) in [6, 6.07) is 31.3. The molecule has 6 unspecified atom stereocenters. The third-order valence-electron chi connectivity index (χ3n) is 17.5. The summed E-state index contributed by atoms with van der Waals surface area (Å²) in [5.74, 6) is 7.04. The van der Waals surface area contributed by atoms with Crippen molar-refractivity contribution in [2.75, 3.05) is 20.3 Å². The highest BCUT2D eigenvalue weighted by atomic mass is 16.5. The Labute approximate surface area is 373 Å². The SMILES string of the molecule is CCc1cc2c(cc1OCc1ccccc1)CCC1C2CC[C@@]2(C)C1CC[C@@H]2NCCOC.CCc1cc2c(cc1OCc1ccccc1)CCC1C2CC[C@]2(C)C(=O)CCC12. The van der Waals surface area contributed by atoms with Crippen molar-refractivity contribution in [2.24, 2.45) is 34.5 Å². The average molecular weight is 836 g/mol. The van der Waals surface area contributed by atoms with Gasteiger partial charge in [-0.25, -0.2) is 0 Å². The molecule has 0 heterocycles. The van der Waals surface area contributed by atoms with E-state index in [1.807, 2.05) is 6.07 Å². The number of aryl methyl sites for hydroxylation is 4. The van der Waals surface area contributed by atoms with Gasteiger partial charge in [-0.05, 0) is 181 Å². The fourth-order valence-electron chi connectivity index (χ4n) is 14.0. The molecule has 6 aliphatic carbocycles. The van der Waals surface area contributed by atoms with E-state index in [1.54, 1.807) is 23.8 Å². The molecule has 5 heteroatoms. The van der Waals surface area contributed by atoms with Crippen LogP contribution < -0.4 is 14.8 Å². The number of carbonyl (C=O) groups is 1. The number of hydrogen-bond acceptors (Lipinski definition) is 5. The van der Waals surface area contributed by atoms with Gasteiger partial charge < -0.3 is 19.5 Å². The van der Waals surface area contributed by atoms with Gasteiger partial charge in [-0.3, -0.25) is 4.79 Å². The van der Waals surface area contributed by atoms with Crippen LogP contribution >= 0.6 is 0 Å². The predicted molar refractivity (Wildman–Crippen MR) is 251 cm³/mol. The standard InChI is InChI=1S/C30H41NO2.C27H32O2/c1-4-22-18-26-23(19-28(22)33-20-21-8-6-5-7-9-21)10-11-25-24(26)14-15-30(2)27(25)12-13-29(30)31-16-17-32-3;1-3-19-15-23-20(16-25(19)29-17-18-7-5-4-6-8-18)9-10-22-21(23)13-14-27(2)24(22)11-12-26(27)28/h5-9,18-19,24-25,27,29,31H,4,10-17,20H2,1-3H3;4-8,15-16,21-22,24H,3,9-14,17H2,1-2H3/t24?,25?,27?,29-,30-;21?,22?,24?,27-/m00/s1. The Morgan fingerprint density at radius 3 is 1.73 bits per heavy atom. The number of carbonyl (C=O) groups excluding carboxylic acids is 1. The molecule has 10 rings (SSSR count). The Kier molecular flexibility index (Phi) is 13.0. The second kappa shape index (κ2) is 18.7. The number of Topliss-reactive ketones (excluding diaryl/α,β-unsaturated/α-hetero) is 1. The van der Waals surface area contributed by atoms with Crippen LogP contribution in [0, 0.1) is 34.5 Å². The second-order valence-electron chi connectivity index (χ2n) is 20.4. The van der Waals surface area contributed by atoms with Crippen LogP contribution in [-0.4, -0.2) is 32.1 Å². The Hall–Kier alpha value is -3.93. The minimum atomic E-state index is -0.0367. The van der Waals surface area contributed by atoms with E-state index in [0.717, 1.165) is 80.9 Å². The van der Waals surface area contributed by atoms with Crippen LogP contribution in [0.1, 0.15) is 148 Å². The topological polar surface area (TPSA) is 56.8 Å². The molecule has 0 bridgehead atoms. The van der Waals surface area contributed by atoms with Crippen molar-refractivity contribution < 1.29 is 19.0 Å². The third-order valence-corrected chi connectivity index (χ3v) is 17.5.